The summed E-state index contributed by atoms with van der Waals surface area (Å²) in [6.45, 7) is 1.97. The van der Waals surface area contributed by atoms with Crippen molar-refractivity contribution in [3.63, 3.8) is 0 Å². The minimum Gasteiger partial charge on any atom is -0.496 e. The first-order valence-electron chi connectivity index (χ1n) is 11.9. The zero-order chi connectivity index (χ0) is 25.8. The number of rotatable bonds is 4. The summed E-state index contributed by atoms with van der Waals surface area (Å²) in [6, 6.07) is 19.2. The van der Waals surface area contributed by atoms with Crippen LogP contribution in [0.3, 0.4) is 0 Å². The Labute approximate surface area is 222 Å². The lowest BCUT2D eigenvalue weighted by Crippen LogP contribution is -2.16. The van der Waals surface area contributed by atoms with Gasteiger partial charge >= 0.3 is 0 Å². The molecule has 0 radical (unpaired) electrons. The van der Waals surface area contributed by atoms with Gasteiger partial charge in [-0.1, -0.05) is 35.9 Å². The largest absolute Gasteiger partial charge is 0.496 e. The van der Waals surface area contributed by atoms with E-state index < -0.39 is 0 Å². The van der Waals surface area contributed by atoms with E-state index in [1.54, 1.807) is 35.0 Å². The van der Waals surface area contributed by atoms with Crippen LogP contribution >= 0.6 is 11.6 Å². The first-order valence-corrected chi connectivity index (χ1v) is 12.3. The van der Waals surface area contributed by atoms with Crippen LogP contribution in [0.15, 0.2) is 79.4 Å². The lowest BCUT2D eigenvalue weighted by atomic mass is 9.84. The molecule has 0 bridgehead atoms. The SMILES string of the molecule is COc1ccccc1C1c2c(C)nn(-c3cccc(Cl)c3)c2Oc2ncn3nc(-c4cccnc4)nc3c21. The van der Waals surface area contributed by atoms with Gasteiger partial charge in [0.05, 0.1) is 35.5 Å². The quantitative estimate of drug-likeness (QED) is 0.296. The molecule has 6 aromatic rings. The molecule has 10 heteroatoms. The van der Waals surface area contributed by atoms with Crippen LogP contribution in [0.1, 0.15) is 28.3 Å². The topological polar surface area (TPSA) is 92.2 Å². The van der Waals surface area contributed by atoms with Crippen LogP contribution in [0.2, 0.25) is 5.02 Å². The fourth-order valence-electron chi connectivity index (χ4n) is 4.99. The van der Waals surface area contributed by atoms with Crippen molar-refractivity contribution in [2.45, 2.75) is 12.8 Å². The van der Waals surface area contributed by atoms with Gasteiger partial charge in [-0.3, -0.25) is 4.98 Å². The second kappa shape index (κ2) is 8.67. The van der Waals surface area contributed by atoms with Crippen LogP contribution in [-0.2, 0) is 0 Å². The Morgan fingerprint density at radius 3 is 2.71 bits per heavy atom. The number of hydrogen-bond donors (Lipinski definition) is 0. The van der Waals surface area contributed by atoms with Gasteiger partial charge in [-0.15, -0.1) is 5.10 Å². The summed E-state index contributed by atoms with van der Waals surface area (Å²) < 4.78 is 15.7. The molecular weight excluding hydrogens is 502 g/mol. The van der Waals surface area contributed by atoms with E-state index in [2.05, 4.69) is 15.1 Å². The summed E-state index contributed by atoms with van der Waals surface area (Å²) in [5.74, 6) is 1.94. The first-order chi connectivity index (χ1) is 18.6. The molecule has 0 aliphatic carbocycles. The number of para-hydroxylation sites is 1. The first kappa shape index (κ1) is 22.4. The number of fused-ring (bicyclic) bond motifs is 4. The van der Waals surface area contributed by atoms with E-state index in [0.29, 0.717) is 28.3 Å². The predicted octanol–water partition coefficient (Wildman–Crippen LogP) is 5.63. The molecule has 186 valence electrons. The standard InChI is InChI=1S/C28H20ClN7O2/c1-16-22-23(20-10-3-4-11-21(20)37-2)24-26-32-25(17-7-6-12-30-14-17)34-35(26)15-31-27(24)38-28(22)36(33-16)19-9-5-8-18(29)13-19/h3-15,23H,1-2H3. The highest BCUT2D eigenvalue weighted by atomic mass is 35.5. The maximum atomic E-state index is 6.48. The number of hydrogen-bond acceptors (Lipinski definition) is 7. The van der Waals surface area contributed by atoms with Crippen LogP contribution in [0.5, 0.6) is 17.5 Å². The number of benzene rings is 2. The van der Waals surface area contributed by atoms with Gasteiger partial charge in [-0.2, -0.15) is 5.10 Å². The molecule has 7 rings (SSSR count). The number of methoxy groups -OCH3 is 1. The Hall–Kier alpha value is -4.76. The summed E-state index contributed by atoms with van der Waals surface area (Å²) >= 11 is 6.31. The maximum Gasteiger partial charge on any atom is 0.230 e. The van der Waals surface area contributed by atoms with Gasteiger partial charge in [0.25, 0.3) is 0 Å². The lowest BCUT2D eigenvalue weighted by Gasteiger charge is -2.27. The highest BCUT2D eigenvalue weighted by Gasteiger charge is 2.39. The minimum atomic E-state index is -0.333. The molecule has 1 aliphatic heterocycles. The molecule has 0 spiro atoms. The number of nitrogens with zero attached hydrogens (tertiary/aromatic N) is 7. The van der Waals surface area contributed by atoms with Crippen molar-refractivity contribution in [2.75, 3.05) is 7.11 Å². The van der Waals surface area contributed by atoms with Crippen LogP contribution in [-0.4, -0.2) is 41.5 Å². The van der Waals surface area contributed by atoms with E-state index in [-0.39, 0.29) is 5.92 Å². The smallest absolute Gasteiger partial charge is 0.230 e. The molecule has 2 aromatic carbocycles. The van der Waals surface area contributed by atoms with Gasteiger partial charge in [0.1, 0.15) is 12.1 Å². The molecule has 4 aromatic heterocycles. The number of aromatic nitrogens is 7. The molecule has 0 saturated carbocycles. The molecule has 5 heterocycles. The van der Waals surface area contributed by atoms with Crippen LogP contribution in [0, 0.1) is 6.92 Å². The molecule has 0 fully saturated rings. The molecule has 0 N–H and O–H groups in total. The van der Waals surface area contributed by atoms with Crippen LogP contribution in [0.25, 0.3) is 22.7 Å². The molecule has 38 heavy (non-hydrogen) atoms. The number of halogens is 1. The van der Waals surface area contributed by atoms with Crippen molar-refractivity contribution in [1.82, 2.24) is 34.3 Å². The third kappa shape index (κ3) is 3.43. The Kier molecular flexibility index (Phi) is 5.12. The third-order valence-corrected chi connectivity index (χ3v) is 6.88. The zero-order valence-corrected chi connectivity index (χ0v) is 21.2. The molecule has 9 nitrogen and oxygen atoms in total. The maximum absolute atomic E-state index is 6.48. The second-order valence-corrected chi connectivity index (χ2v) is 9.32. The summed E-state index contributed by atoms with van der Waals surface area (Å²) in [7, 11) is 1.67. The normalized spacial score (nSPS) is 14.1. The highest BCUT2D eigenvalue weighted by molar-refractivity contribution is 6.30. The average molecular weight is 522 g/mol. The zero-order valence-electron chi connectivity index (χ0n) is 20.4. The van der Waals surface area contributed by atoms with E-state index in [1.165, 1.54) is 0 Å². The molecule has 1 aliphatic rings. The van der Waals surface area contributed by atoms with Crippen molar-refractivity contribution in [1.29, 1.82) is 0 Å². The number of ether oxygens (including phenoxy) is 2. The Morgan fingerprint density at radius 1 is 1.00 bits per heavy atom. The third-order valence-electron chi connectivity index (χ3n) is 6.64. The fraction of sp³-hybridized carbons (Fsp3) is 0.107. The van der Waals surface area contributed by atoms with Crippen molar-refractivity contribution in [2.24, 2.45) is 0 Å². The van der Waals surface area contributed by atoms with Crippen LogP contribution in [0.4, 0.5) is 0 Å². The van der Waals surface area contributed by atoms with Gasteiger partial charge < -0.3 is 9.47 Å². The Morgan fingerprint density at radius 2 is 1.89 bits per heavy atom. The molecule has 0 amide bonds. The average Bonchev–Trinajstić information content (AvgIpc) is 3.54. The van der Waals surface area contributed by atoms with Crippen molar-refractivity contribution in [3.05, 3.63) is 107 Å². The summed E-state index contributed by atoms with van der Waals surface area (Å²) in [5.41, 5.74) is 5.63. The van der Waals surface area contributed by atoms with E-state index in [0.717, 1.165) is 39.4 Å². The Bertz CT molecular complexity index is 1830. The fourth-order valence-corrected chi connectivity index (χ4v) is 5.18. The lowest BCUT2D eigenvalue weighted by molar-refractivity contribution is 0.393. The van der Waals surface area contributed by atoms with Gasteiger partial charge in [0, 0.05) is 28.5 Å². The number of pyridine rings is 1. The van der Waals surface area contributed by atoms with E-state index in [1.807, 2.05) is 67.6 Å². The van der Waals surface area contributed by atoms with E-state index >= 15 is 0 Å². The van der Waals surface area contributed by atoms with Crippen molar-refractivity contribution >= 4 is 17.2 Å². The minimum absolute atomic E-state index is 0.333. The van der Waals surface area contributed by atoms with Crippen molar-refractivity contribution in [3.8, 4) is 34.6 Å². The van der Waals surface area contributed by atoms with Gasteiger partial charge in [-0.25, -0.2) is 19.2 Å². The van der Waals surface area contributed by atoms with Gasteiger partial charge in [0.2, 0.25) is 11.8 Å². The molecule has 1 atom stereocenters. The number of aryl methyl sites for hydroxylation is 1. The summed E-state index contributed by atoms with van der Waals surface area (Å²) in [4.78, 5) is 13.8. The van der Waals surface area contributed by atoms with Gasteiger partial charge in [-0.05, 0) is 43.3 Å². The van der Waals surface area contributed by atoms with E-state index in [9.17, 15) is 0 Å². The highest BCUT2D eigenvalue weighted by Crippen LogP contribution is 2.51. The van der Waals surface area contributed by atoms with Gasteiger partial charge in [0.15, 0.2) is 11.5 Å². The van der Waals surface area contributed by atoms with Crippen LogP contribution < -0.4 is 9.47 Å². The second-order valence-electron chi connectivity index (χ2n) is 8.88. The predicted molar refractivity (Wildman–Crippen MR) is 141 cm³/mol. The Balaban J connectivity index is 1.52. The monoisotopic (exact) mass is 521 g/mol. The summed E-state index contributed by atoms with van der Waals surface area (Å²) in [6.07, 6.45) is 5.06. The summed E-state index contributed by atoms with van der Waals surface area (Å²) in [5, 5.41) is 10.2. The molecule has 0 saturated heterocycles. The molecule has 1 unspecified atom stereocenters. The van der Waals surface area contributed by atoms with Crippen molar-refractivity contribution < 1.29 is 9.47 Å². The molecular formula is C28H20ClN7O2. The van der Waals surface area contributed by atoms with E-state index in [4.69, 9.17) is 31.2 Å².